The Morgan fingerprint density at radius 2 is 2.00 bits per heavy atom. The van der Waals surface area contributed by atoms with Gasteiger partial charge in [-0.2, -0.15) is 0 Å². The van der Waals surface area contributed by atoms with Gasteiger partial charge in [0.1, 0.15) is 5.69 Å². The van der Waals surface area contributed by atoms with E-state index < -0.39 is 0 Å². The molecule has 2 atom stereocenters. The Balaban J connectivity index is 2.50. The van der Waals surface area contributed by atoms with Gasteiger partial charge < -0.3 is 16.0 Å². The zero-order chi connectivity index (χ0) is 13.3. The average Bonchev–Trinajstić information content (AvgIpc) is 2.73. The van der Waals surface area contributed by atoms with Crippen LogP contribution in [-0.2, 0) is 0 Å². The summed E-state index contributed by atoms with van der Waals surface area (Å²) in [6.45, 7) is 0. The van der Waals surface area contributed by atoms with Gasteiger partial charge in [-0.1, -0.05) is 0 Å². The van der Waals surface area contributed by atoms with Crippen molar-refractivity contribution in [3.05, 3.63) is 27.8 Å². The second-order valence-electron chi connectivity index (χ2n) is 4.14. The molecule has 1 heterocycles. The van der Waals surface area contributed by atoms with Crippen molar-refractivity contribution in [2.45, 2.75) is 12.2 Å². The topological polar surface area (TPSA) is 91.3 Å². The van der Waals surface area contributed by atoms with Crippen molar-refractivity contribution in [1.82, 2.24) is 10.6 Å². The Labute approximate surface area is 105 Å². The zero-order valence-corrected chi connectivity index (χ0v) is 10.6. The first kappa shape index (κ1) is 12.6. The molecule has 7 heteroatoms. The van der Waals surface area contributed by atoms with Crippen molar-refractivity contribution < 1.29 is 4.92 Å². The van der Waals surface area contributed by atoms with Crippen LogP contribution in [0.2, 0.25) is 0 Å². The first-order valence-corrected chi connectivity index (χ1v) is 5.73. The summed E-state index contributed by atoms with van der Waals surface area (Å²) < 4.78 is 0. The molecule has 1 aliphatic rings. The molecule has 98 valence electrons. The first-order valence-electron chi connectivity index (χ1n) is 5.73. The van der Waals surface area contributed by atoms with E-state index >= 15 is 0 Å². The van der Waals surface area contributed by atoms with Gasteiger partial charge in [0.25, 0.3) is 5.69 Å². The predicted molar refractivity (Wildman–Crippen MR) is 70.9 cm³/mol. The number of likely N-dealkylation sites (N-methyl/N-ethyl adjacent to an activating group) is 2. The van der Waals surface area contributed by atoms with E-state index in [0.29, 0.717) is 5.69 Å². The quantitative estimate of drug-likeness (QED) is 0.469. The minimum Gasteiger partial charge on any atom is -0.383 e. The lowest BCUT2D eigenvalue weighted by atomic mass is 10.1. The van der Waals surface area contributed by atoms with Crippen LogP contribution in [0.5, 0.6) is 0 Å². The molecule has 0 saturated carbocycles. The van der Waals surface area contributed by atoms with Gasteiger partial charge in [0, 0.05) is 18.8 Å². The highest BCUT2D eigenvalue weighted by molar-refractivity contribution is 5.74. The number of hydrogen-bond acceptors (Lipinski definition) is 6. The molecule has 4 N–H and O–H groups in total. The molecule has 0 aromatic heterocycles. The van der Waals surface area contributed by atoms with Crippen molar-refractivity contribution in [1.29, 1.82) is 0 Å². The smallest absolute Gasteiger partial charge is 0.294 e. The monoisotopic (exact) mass is 251 g/mol. The van der Waals surface area contributed by atoms with Crippen LogP contribution >= 0.6 is 0 Å². The SMILES string of the molecule is CNc1cc2c(cc1[N+](=O)[O-])NC(NC)C2NC. The van der Waals surface area contributed by atoms with E-state index in [2.05, 4.69) is 21.3 Å². The molecule has 2 unspecified atom stereocenters. The van der Waals surface area contributed by atoms with Gasteiger partial charge in [0.05, 0.1) is 17.1 Å². The summed E-state index contributed by atoms with van der Waals surface area (Å²) in [6.07, 6.45) is 0.0247. The number of nitrogens with one attached hydrogen (secondary N) is 4. The molecule has 18 heavy (non-hydrogen) atoms. The molecule has 0 spiro atoms. The van der Waals surface area contributed by atoms with Gasteiger partial charge in [0.2, 0.25) is 0 Å². The summed E-state index contributed by atoms with van der Waals surface area (Å²) in [5, 5.41) is 23.4. The highest BCUT2D eigenvalue weighted by Gasteiger charge is 2.32. The number of anilines is 2. The van der Waals surface area contributed by atoms with Crippen molar-refractivity contribution in [2.24, 2.45) is 0 Å². The van der Waals surface area contributed by atoms with E-state index in [0.717, 1.165) is 11.3 Å². The highest BCUT2D eigenvalue weighted by Crippen LogP contribution is 2.39. The molecule has 0 amide bonds. The van der Waals surface area contributed by atoms with Gasteiger partial charge in [0.15, 0.2) is 0 Å². The van der Waals surface area contributed by atoms with Gasteiger partial charge in [-0.25, -0.2) is 0 Å². The molecule has 1 aromatic rings. The Kier molecular flexibility index (Phi) is 3.35. The molecule has 0 saturated heterocycles. The summed E-state index contributed by atoms with van der Waals surface area (Å²) in [5.41, 5.74) is 2.42. The standard InChI is InChI=1S/C11H17N5O2/c1-12-8-4-6-7(5-9(8)16(17)18)15-11(14-3)10(6)13-2/h4-5,10-15H,1-3H3. The van der Waals surface area contributed by atoms with Gasteiger partial charge in [-0.15, -0.1) is 0 Å². The summed E-state index contributed by atoms with van der Waals surface area (Å²) in [5.74, 6) is 0. The molecule has 0 radical (unpaired) electrons. The molecule has 1 aromatic carbocycles. The molecular formula is C11H17N5O2. The molecule has 0 fully saturated rings. The fourth-order valence-electron chi connectivity index (χ4n) is 2.33. The van der Waals surface area contributed by atoms with Crippen molar-refractivity contribution in [3.8, 4) is 0 Å². The largest absolute Gasteiger partial charge is 0.383 e. The number of hydrogen-bond donors (Lipinski definition) is 4. The third-order valence-electron chi connectivity index (χ3n) is 3.24. The van der Waals surface area contributed by atoms with Crippen LogP contribution in [0.1, 0.15) is 11.6 Å². The minimum absolute atomic E-state index is 0.0247. The number of benzene rings is 1. The molecule has 7 nitrogen and oxygen atoms in total. The third kappa shape index (κ3) is 1.87. The van der Waals surface area contributed by atoms with E-state index in [1.807, 2.05) is 20.2 Å². The fourth-order valence-corrected chi connectivity index (χ4v) is 2.33. The zero-order valence-electron chi connectivity index (χ0n) is 10.6. The van der Waals surface area contributed by atoms with Crippen LogP contribution in [-0.4, -0.2) is 32.2 Å². The number of fused-ring (bicyclic) bond motifs is 1. The molecule has 2 rings (SSSR count). The van der Waals surface area contributed by atoms with Crippen LogP contribution in [0, 0.1) is 10.1 Å². The van der Waals surface area contributed by atoms with Crippen molar-refractivity contribution in [2.75, 3.05) is 31.8 Å². The molecule has 0 aliphatic carbocycles. The number of nitro groups is 1. The lowest BCUT2D eigenvalue weighted by Crippen LogP contribution is -2.39. The normalized spacial score (nSPS) is 21.3. The number of nitro benzene ring substituents is 1. The molecular weight excluding hydrogens is 234 g/mol. The maximum absolute atomic E-state index is 11.0. The summed E-state index contributed by atoms with van der Waals surface area (Å²) >= 11 is 0. The third-order valence-corrected chi connectivity index (χ3v) is 3.24. The second-order valence-corrected chi connectivity index (χ2v) is 4.14. The lowest BCUT2D eigenvalue weighted by Gasteiger charge is -2.18. The van der Waals surface area contributed by atoms with Crippen molar-refractivity contribution in [3.63, 3.8) is 0 Å². The Morgan fingerprint density at radius 1 is 1.28 bits per heavy atom. The van der Waals surface area contributed by atoms with E-state index in [9.17, 15) is 10.1 Å². The molecule has 1 aliphatic heterocycles. The fraction of sp³-hybridized carbons (Fsp3) is 0.455. The summed E-state index contributed by atoms with van der Waals surface area (Å²) in [7, 11) is 5.40. The van der Waals surface area contributed by atoms with Crippen molar-refractivity contribution >= 4 is 17.1 Å². The van der Waals surface area contributed by atoms with Gasteiger partial charge in [-0.3, -0.25) is 15.4 Å². The minimum atomic E-state index is -0.380. The Bertz CT molecular complexity index is 477. The van der Waals surface area contributed by atoms with Crippen LogP contribution < -0.4 is 21.3 Å². The molecule has 0 bridgehead atoms. The summed E-state index contributed by atoms with van der Waals surface area (Å²) in [6, 6.07) is 3.47. The van der Waals surface area contributed by atoms with Gasteiger partial charge in [-0.05, 0) is 25.7 Å². The van der Waals surface area contributed by atoms with Crippen LogP contribution in [0.4, 0.5) is 17.1 Å². The maximum atomic E-state index is 11.0. The van der Waals surface area contributed by atoms with E-state index in [1.54, 1.807) is 13.1 Å². The highest BCUT2D eigenvalue weighted by atomic mass is 16.6. The van der Waals surface area contributed by atoms with E-state index in [-0.39, 0.29) is 22.8 Å². The van der Waals surface area contributed by atoms with E-state index in [4.69, 9.17) is 0 Å². The first-order chi connectivity index (χ1) is 8.62. The van der Waals surface area contributed by atoms with Crippen LogP contribution in [0.15, 0.2) is 12.1 Å². The second kappa shape index (κ2) is 4.79. The average molecular weight is 251 g/mol. The summed E-state index contributed by atoms with van der Waals surface area (Å²) in [4.78, 5) is 10.6. The predicted octanol–water partition coefficient (Wildman–Crippen LogP) is 0.868. The van der Waals surface area contributed by atoms with Gasteiger partial charge >= 0.3 is 0 Å². The number of rotatable bonds is 4. The van der Waals surface area contributed by atoms with Crippen LogP contribution in [0.25, 0.3) is 0 Å². The lowest BCUT2D eigenvalue weighted by molar-refractivity contribution is -0.383. The Morgan fingerprint density at radius 3 is 2.50 bits per heavy atom. The number of nitrogens with zero attached hydrogens (tertiary/aromatic N) is 1. The van der Waals surface area contributed by atoms with Crippen LogP contribution in [0.3, 0.4) is 0 Å². The Hall–Kier alpha value is -1.86. The maximum Gasteiger partial charge on any atom is 0.294 e. The van der Waals surface area contributed by atoms with E-state index in [1.165, 1.54) is 0 Å².